The molecule has 4 nitrogen and oxygen atoms in total. The third-order valence-corrected chi connectivity index (χ3v) is 3.48. The first-order valence-corrected chi connectivity index (χ1v) is 7.07. The number of carbonyl (C=O) groups excluding carboxylic acids is 1. The largest absolute Gasteiger partial charge is 0.345 e. The number of amides is 1. The van der Waals surface area contributed by atoms with Gasteiger partial charge in [-0.2, -0.15) is 0 Å². The zero-order chi connectivity index (χ0) is 14.7. The van der Waals surface area contributed by atoms with Gasteiger partial charge in [0.05, 0.1) is 17.6 Å². The minimum atomic E-state index is -0.0851. The van der Waals surface area contributed by atoms with Crippen molar-refractivity contribution < 1.29 is 4.79 Å². The number of hydrogen-bond donors (Lipinski definition) is 2. The zero-order valence-electron chi connectivity index (χ0n) is 11.9. The van der Waals surface area contributed by atoms with Gasteiger partial charge in [0.15, 0.2) is 0 Å². The second-order valence-electron chi connectivity index (χ2n) is 4.93. The van der Waals surface area contributed by atoms with Crippen LogP contribution in [0.4, 0.5) is 0 Å². The molecule has 1 heterocycles. The van der Waals surface area contributed by atoms with Crippen LogP contribution in [0.1, 0.15) is 28.7 Å². The Morgan fingerprint density at radius 1 is 1.14 bits per heavy atom. The van der Waals surface area contributed by atoms with E-state index in [2.05, 4.69) is 22.2 Å². The van der Waals surface area contributed by atoms with Gasteiger partial charge in [-0.05, 0) is 36.2 Å². The van der Waals surface area contributed by atoms with Crippen molar-refractivity contribution in [1.29, 1.82) is 0 Å². The molecule has 4 heteroatoms. The maximum absolute atomic E-state index is 12.1. The summed E-state index contributed by atoms with van der Waals surface area (Å²) in [4.78, 5) is 19.7. The van der Waals surface area contributed by atoms with E-state index in [4.69, 9.17) is 0 Å². The Morgan fingerprint density at radius 3 is 2.62 bits per heavy atom. The standard InChI is InChI=1S/C17H17N3O/c1-2-12-7-9-13(10-8-12)17(21)18-11-16-19-14-5-3-4-6-15(14)20-16/h3-10H,2,11H2,1H3,(H,18,21)(H,19,20). The summed E-state index contributed by atoms with van der Waals surface area (Å²) < 4.78 is 0. The van der Waals surface area contributed by atoms with Crippen molar-refractivity contribution in [3.05, 3.63) is 65.5 Å². The molecule has 0 bridgehead atoms. The smallest absolute Gasteiger partial charge is 0.251 e. The summed E-state index contributed by atoms with van der Waals surface area (Å²) >= 11 is 0. The third kappa shape index (κ3) is 2.94. The molecule has 0 spiro atoms. The first-order valence-electron chi connectivity index (χ1n) is 7.07. The molecule has 0 radical (unpaired) electrons. The summed E-state index contributed by atoms with van der Waals surface area (Å²) in [5.41, 5.74) is 3.79. The monoisotopic (exact) mass is 279 g/mol. The fourth-order valence-electron chi connectivity index (χ4n) is 2.25. The molecule has 0 fully saturated rings. The molecule has 0 aliphatic heterocycles. The number of H-pyrrole nitrogens is 1. The fraction of sp³-hybridized carbons (Fsp3) is 0.176. The van der Waals surface area contributed by atoms with Crippen molar-refractivity contribution >= 4 is 16.9 Å². The highest BCUT2D eigenvalue weighted by Gasteiger charge is 2.07. The number of nitrogens with one attached hydrogen (secondary N) is 2. The Hall–Kier alpha value is -2.62. The van der Waals surface area contributed by atoms with Crippen molar-refractivity contribution in [2.45, 2.75) is 19.9 Å². The highest BCUT2D eigenvalue weighted by molar-refractivity contribution is 5.94. The first-order chi connectivity index (χ1) is 10.3. The molecule has 0 atom stereocenters. The summed E-state index contributed by atoms with van der Waals surface area (Å²) in [5.74, 6) is 0.674. The fourth-order valence-corrected chi connectivity index (χ4v) is 2.25. The summed E-state index contributed by atoms with van der Waals surface area (Å²) in [6.45, 7) is 2.49. The quantitative estimate of drug-likeness (QED) is 0.771. The number of carbonyl (C=O) groups is 1. The van der Waals surface area contributed by atoms with Crippen molar-refractivity contribution in [3.63, 3.8) is 0 Å². The Kier molecular flexibility index (Phi) is 3.69. The number of para-hydroxylation sites is 2. The molecule has 21 heavy (non-hydrogen) atoms. The van der Waals surface area contributed by atoms with Gasteiger partial charge in [0, 0.05) is 5.56 Å². The maximum atomic E-state index is 12.1. The summed E-state index contributed by atoms with van der Waals surface area (Å²) in [5, 5.41) is 2.88. The number of imidazole rings is 1. The van der Waals surface area contributed by atoms with Gasteiger partial charge in [0.1, 0.15) is 5.82 Å². The summed E-state index contributed by atoms with van der Waals surface area (Å²) in [6, 6.07) is 15.5. The van der Waals surface area contributed by atoms with Crippen molar-refractivity contribution in [3.8, 4) is 0 Å². The molecule has 2 aromatic carbocycles. The van der Waals surface area contributed by atoms with Gasteiger partial charge < -0.3 is 10.3 Å². The number of nitrogens with zero attached hydrogens (tertiary/aromatic N) is 1. The SMILES string of the molecule is CCc1ccc(C(=O)NCc2nc3ccccc3[nH]2)cc1. The predicted molar refractivity (Wildman–Crippen MR) is 83.1 cm³/mol. The van der Waals surface area contributed by atoms with E-state index >= 15 is 0 Å². The molecule has 1 aromatic heterocycles. The molecular weight excluding hydrogens is 262 g/mol. The van der Waals surface area contributed by atoms with Gasteiger partial charge >= 0.3 is 0 Å². The van der Waals surface area contributed by atoms with Crippen LogP contribution in [0.3, 0.4) is 0 Å². The molecular formula is C17H17N3O. The van der Waals surface area contributed by atoms with Crippen molar-refractivity contribution in [2.75, 3.05) is 0 Å². The Balaban J connectivity index is 1.67. The number of aryl methyl sites for hydroxylation is 1. The lowest BCUT2D eigenvalue weighted by Crippen LogP contribution is -2.23. The molecule has 3 aromatic rings. The Bertz CT molecular complexity index is 726. The van der Waals surface area contributed by atoms with Crippen LogP contribution in [0, 0.1) is 0 Å². The first kappa shape index (κ1) is 13.4. The van der Waals surface area contributed by atoms with Crippen LogP contribution in [0.5, 0.6) is 0 Å². The highest BCUT2D eigenvalue weighted by Crippen LogP contribution is 2.10. The average Bonchev–Trinajstić information content (AvgIpc) is 2.95. The van der Waals surface area contributed by atoms with E-state index in [0.717, 1.165) is 23.3 Å². The lowest BCUT2D eigenvalue weighted by atomic mass is 10.1. The van der Waals surface area contributed by atoms with Crippen LogP contribution in [-0.2, 0) is 13.0 Å². The van der Waals surface area contributed by atoms with E-state index < -0.39 is 0 Å². The molecule has 0 aliphatic rings. The molecule has 106 valence electrons. The number of benzene rings is 2. The van der Waals surface area contributed by atoms with Gasteiger partial charge in [-0.15, -0.1) is 0 Å². The van der Waals surface area contributed by atoms with Gasteiger partial charge in [0.25, 0.3) is 5.91 Å². The van der Waals surface area contributed by atoms with E-state index in [1.54, 1.807) is 0 Å². The average molecular weight is 279 g/mol. The van der Waals surface area contributed by atoms with E-state index in [1.807, 2.05) is 48.5 Å². The topological polar surface area (TPSA) is 57.8 Å². The van der Waals surface area contributed by atoms with E-state index in [0.29, 0.717) is 12.1 Å². The van der Waals surface area contributed by atoms with Gasteiger partial charge in [-0.25, -0.2) is 4.98 Å². The second-order valence-corrected chi connectivity index (χ2v) is 4.93. The summed E-state index contributed by atoms with van der Waals surface area (Å²) in [7, 11) is 0. The number of hydrogen-bond acceptors (Lipinski definition) is 2. The molecule has 2 N–H and O–H groups in total. The number of rotatable bonds is 4. The minimum Gasteiger partial charge on any atom is -0.345 e. The Labute approximate surface area is 123 Å². The van der Waals surface area contributed by atoms with Crippen LogP contribution < -0.4 is 5.32 Å². The van der Waals surface area contributed by atoms with Crippen LogP contribution in [0.25, 0.3) is 11.0 Å². The maximum Gasteiger partial charge on any atom is 0.251 e. The number of fused-ring (bicyclic) bond motifs is 1. The molecule has 0 saturated heterocycles. The van der Waals surface area contributed by atoms with Crippen LogP contribution in [-0.4, -0.2) is 15.9 Å². The van der Waals surface area contributed by atoms with Gasteiger partial charge in [0.2, 0.25) is 0 Å². The minimum absolute atomic E-state index is 0.0851. The highest BCUT2D eigenvalue weighted by atomic mass is 16.1. The normalized spacial score (nSPS) is 10.7. The zero-order valence-corrected chi connectivity index (χ0v) is 11.9. The van der Waals surface area contributed by atoms with E-state index in [9.17, 15) is 4.79 Å². The van der Waals surface area contributed by atoms with Crippen LogP contribution in [0.2, 0.25) is 0 Å². The summed E-state index contributed by atoms with van der Waals surface area (Å²) in [6.07, 6.45) is 0.973. The molecule has 0 saturated carbocycles. The second kappa shape index (κ2) is 5.79. The number of aromatic amines is 1. The lowest BCUT2D eigenvalue weighted by Gasteiger charge is -2.04. The molecule has 0 unspecified atom stereocenters. The predicted octanol–water partition coefficient (Wildman–Crippen LogP) is 3.06. The third-order valence-electron chi connectivity index (χ3n) is 3.48. The van der Waals surface area contributed by atoms with E-state index in [1.165, 1.54) is 5.56 Å². The molecule has 3 rings (SSSR count). The number of aromatic nitrogens is 2. The van der Waals surface area contributed by atoms with Gasteiger partial charge in [-0.1, -0.05) is 31.2 Å². The van der Waals surface area contributed by atoms with Gasteiger partial charge in [-0.3, -0.25) is 4.79 Å². The van der Waals surface area contributed by atoms with Crippen LogP contribution in [0.15, 0.2) is 48.5 Å². The van der Waals surface area contributed by atoms with Crippen molar-refractivity contribution in [2.24, 2.45) is 0 Å². The molecule has 0 aliphatic carbocycles. The van der Waals surface area contributed by atoms with Crippen LogP contribution >= 0.6 is 0 Å². The van der Waals surface area contributed by atoms with Crippen molar-refractivity contribution in [1.82, 2.24) is 15.3 Å². The molecule has 1 amide bonds. The lowest BCUT2D eigenvalue weighted by molar-refractivity contribution is 0.0950. The van der Waals surface area contributed by atoms with E-state index in [-0.39, 0.29) is 5.91 Å². The Morgan fingerprint density at radius 2 is 1.90 bits per heavy atom.